The highest BCUT2D eigenvalue weighted by molar-refractivity contribution is 9.10. The van der Waals surface area contributed by atoms with Gasteiger partial charge in [0.2, 0.25) is 0 Å². The van der Waals surface area contributed by atoms with Gasteiger partial charge < -0.3 is 15.0 Å². The number of hydrogen-bond acceptors (Lipinski definition) is 7. The number of fused-ring (bicyclic) bond motifs is 5. The van der Waals surface area contributed by atoms with Crippen LogP contribution in [0.3, 0.4) is 0 Å². The van der Waals surface area contributed by atoms with Crippen LogP contribution in [0.4, 0.5) is 10.2 Å². The van der Waals surface area contributed by atoms with E-state index in [0.717, 1.165) is 78.5 Å². The van der Waals surface area contributed by atoms with Crippen molar-refractivity contribution in [2.24, 2.45) is 0 Å². The molecule has 7 nitrogen and oxygen atoms in total. The summed E-state index contributed by atoms with van der Waals surface area (Å²) in [5.41, 5.74) is 1.35. The summed E-state index contributed by atoms with van der Waals surface area (Å²) < 4.78 is 23.9. The number of piperazine rings is 1. The Labute approximate surface area is 241 Å². The first-order chi connectivity index (χ1) is 19.6. The number of nitrogens with zero attached hydrogens (tertiary/aromatic N) is 5. The fourth-order valence-electron chi connectivity index (χ4n) is 7.64. The third kappa shape index (κ3) is 4.00. The van der Waals surface area contributed by atoms with Crippen LogP contribution in [0.15, 0.2) is 47.1 Å². The van der Waals surface area contributed by atoms with Crippen molar-refractivity contribution in [3.63, 3.8) is 0 Å². The van der Waals surface area contributed by atoms with Crippen LogP contribution in [0.2, 0.25) is 0 Å². The predicted octanol–water partition coefficient (Wildman–Crippen LogP) is 5.69. The van der Waals surface area contributed by atoms with Gasteiger partial charge in [-0.3, -0.25) is 9.88 Å². The first-order valence-corrected chi connectivity index (χ1v) is 15.3. The second kappa shape index (κ2) is 9.60. The van der Waals surface area contributed by atoms with Gasteiger partial charge in [0.1, 0.15) is 23.6 Å². The number of halogens is 2. The lowest BCUT2D eigenvalue weighted by atomic mass is 9.95. The Morgan fingerprint density at radius 1 is 1.02 bits per heavy atom. The van der Waals surface area contributed by atoms with Crippen LogP contribution in [0.25, 0.3) is 32.9 Å². The maximum absolute atomic E-state index is 16.6. The molecule has 4 aromatic rings. The molecule has 0 saturated carbocycles. The van der Waals surface area contributed by atoms with Crippen molar-refractivity contribution in [3.05, 3.63) is 52.9 Å². The van der Waals surface area contributed by atoms with Crippen LogP contribution in [0.1, 0.15) is 38.5 Å². The molecule has 2 aromatic heterocycles. The number of pyridine rings is 1. The van der Waals surface area contributed by atoms with Gasteiger partial charge in [-0.15, -0.1) is 0 Å². The number of anilines is 1. The minimum Gasteiger partial charge on any atom is -0.461 e. The molecule has 0 radical (unpaired) electrons. The van der Waals surface area contributed by atoms with E-state index in [0.29, 0.717) is 24.1 Å². The third-order valence-electron chi connectivity index (χ3n) is 9.55. The van der Waals surface area contributed by atoms with Crippen LogP contribution in [-0.2, 0) is 0 Å². The van der Waals surface area contributed by atoms with Gasteiger partial charge >= 0.3 is 6.01 Å². The molecule has 206 valence electrons. The second-order valence-corrected chi connectivity index (χ2v) is 12.8. The van der Waals surface area contributed by atoms with E-state index in [1.807, 2.05) is 36.4 Å². The quantitative estimate of drug-likeness (QED) is 0.314. The molecule has 8 rings (SSSR count). The Morgan fingerprint density at radius 3 is 2.55 bits per heavy atom. The smallest absolute Gasteiger partial charge is 0.319 e. The zero-order valence-electron chi connectivity index (χ0n) is 22.4. The summed E-state index contributed by atoms with van der Waals surface area (Å²) in [7, 11) is 0. The topological polar surface area (TPSA) is 66.4 Å². The predicted molar refractivity (Wildman–Crippen MR) is 158 cm³/mol. The molecule has 0 spiro atoms. The Morgan fingerprint density at radius 2 is 1.77 bits per heavy atom. The summed E-state index contributed by atoms with van der Waals surface area (Å²) in [5.74, 6) is 0.288. The average Bonchev–Trinajstić information content (AvgIpc) is 3.65. The summed E-state index contributed by atoms with van der Waals surface area (Å²) in [6, 6.07) is 13.0. The molecule has 0 unspecified atom stereocenters. The van der Waals surface area contributed by atoms with E-state index in [-0.39, 0.29) is 22.8 Å². The maximum Gasteiger partial charge on any atom is 0.319 e. The first-order valence-electron chi connectivity index (χ1n) is 14.5. The van der Waals surface area contributed by atoms with Gasteiger partial charge in [-0.25, -0.2) is 4.39 Å². The van der Waals surface area contributed by atoms with Crippen LogP contribution in [0.5, 0.6) is 6.01 Å². The molecule has 1 N–H and O–H groups in total. The fourth-order valence-corrected chi connectivity index (χ4v) is 8.23. The average molecular weight is 604 g/mol. The van der Waals surface area contributed by atoms with Gasteiger partial charge in [0.05, 0.1) is 10.9 Å². The molecule has 4 aliphatic heterocycles. The minimum absolute atomic E-state index is 0.0593. The van der Waals surface area contributed by atoms with Crippen LogP contribution in [0, 0.1) is 5.82 Å². The Balaban J connectivity index is 1.25. The van der Waals surface area contributed by atoms with Gasteiger partial charge in [0.15, 0.2) is 5.82 Å². The zero-order chi connectivity index (χ0) is 26.8. The zero-order valence-corrected chi connectivity index (χ0v) is 24.0. The summed E-state index contributed by atoms with van der Waals surface area (Å²) >= 11 is 3.67. The number of hydrogen-bond donors (Lipinski definition) is 1. The summed E-state index contributed by atoms with van der Waals surface area (Å²) in [4.78, 5) is 19.2. The second-order valence-electron chi connectivity index (χ2n) is 11.9. The Bertz CT molecular complexity index is 1600. The van der Waals surface area contributed by atoms with Gasteiger partial charge in [0.25, 0.3) is 0 Å². The van der Waals surface area contributed by atoms with Crippen LogP contribution in [-0.4, -0.2) is 70.3 Å². The molecule has 0 amide bonds. The SMILES string of the molecule is Fc1c(-c2cccc3cccc(Br)c23)ncc2c(N3C[C@H]4CC[C@@H](C3)N4)nc(OCC34CCCN3CCC4)nc12. The lowest BCUT2D eigenvalue weighted by Crippen LogP contribution is -2.51. The van der Waals surface area contributed by atoms with Crippen molar-refractivity contribution in [1.29, 1.82) is 0 Å². The molecule has 0 aliphatic carbocycles. The van der Waals surface area contributed by atoms with Crippen LogP contribution >= 0.6 is 15.9 Å². The van der Waals surface area contributed by atoms with E-state index in [1.54, 1.807) is 6.20 Å². The number of nitrogens with one attached hydrogen (secondary N) is 1. The third-order valence-corrected chi connectivity index (χ3v) is 10.2. The summed E-state index contributed by atoms with van der Waals surface area (Å²) in [6.07, 6.45) is 8.71. The van der Waals surface area contributed by atoms with Crippen molar-refractivity contribution < 1.29 is 9.13 Å². The van der Waals surface area contributed by atoms with Gasteiger partial charge in [-0.05, 0) is 63.1 Å². The number of rotatable bonds is 5. The lowest BCUT2D eigenvalue weighted by molar-refractivity contribution is 0.108. The van der Waals surface area contributed by atoms with E-state index < -0.39 is 5.82 Å². The van der Waals surface area contributed by atoms with Gasteiger partial charge in [0, 0.05) is 46.8 Å². The maximum atomic E-state index is 16.6. The molecule has 2 bridgehead atoms. The van der Waals surface area contributed by atoms with Crippen molar-refractivity contribution >= 4 is 43.4 Å². The Hall–Kier alpha value is -2.88. The van der Waals surface area contributed by atoms with E-state index in [9.17, 15) is 0 Å². The number of aromatic nitrogens is 3. The molecule has 9 heteroatoms. The van der Waals surface area contributed by atoms with Crippen molar-refractivity contribution in [2.45, 2.75) is 56.1 Å². The van der Waals surface area contributed by atoms with Crippen molar-refractivity contribution in [1.82, 2.24) is 25.2 Å². The first kappa shape index (κ1) is 24.9. The molecule has 4 aliphatic rings. The molecule has 6 heterocycles. The fraction of sp³-hybridized carbons (Fsp3) is 0.452. The molecule has 2 aromatic carbocycles. The molecule has 2 atom stereocenters. The van der Waals surface area contributed by atoms with Crippen molar-refractivity contribution in [2.75, 3.05) is 37.7 Å². The lowest BCUT2D eigenvalue weighted by Gasteiger charge is -2.34. The molecule has 40 heavy (non-hydrogen) atoms. The van der Waals surface area contributed by atoms with E-state index in [2.05, 4.69) is 31.0 Å². The largest absolute Gasteiger partial charge is 0.461 e. The standard InChI is InChI=1S/C31H32BrFN6O/c32-24-8-2-6-19-5-1-7-22(25(19)24)27-26(33)28-23(15-34-27)29(38-16-20-9-10-21(17-38)35-20)37-30(36-28)40-18-31-11-3-13-39(31)14-4-12-31/h1-2,5-8,15,20-21,35H,3-4,9-14,16-18H2/t20-,21+. The van der Waals surface area contributed by atoms with Crippen molar-refractivity contribution in [3.8, 4) is 17.3 Å². The monoisotopic (exact) mass is 602 g/mol. The molecular weight excluding hydrogens is 571 g/mol. The van der Waals surface area contributed by atoms with Gasteiger partial charge in [-0.2, -0.15) is 9.97 Å². The highest BCUT2D eigenvalue weighted by Crippen LogP contribution is 2.40. The Kier molecular flexibility index (Phi) is 5.97. The minimum atomic E-state index is -0.436. The molecule has 4 fully saturated rings. The highest BCUT2D eigenvalue weighted by atomic mass is 79.9. The van der Waals surface area contributed by atoms with Gasteiger partial charge in [-0.1, -0.05) is 46.3 Å². The normalized spacial score (nSPS) is 23.8. The van der Waals surface area contributed by atoms with E-state index in [4.69, 9.17) is 19.7 Å². The molecular formula is C31H32BrFN6O. The molecule has 4 saturated heterocycles. The number of benzene rings is 2. The van der Waals surface area contributed by atoms with E-state index in [1.165, 1.54) is 12.8 Å². The van der Waals surface area contributed by atoms with Crippen LogP contribution < -0.4 is 15.0 Å². The van der Waals surface area contributed by atoms with E-state index >= 15 is 4.39 Å². The summed E-state index contributed by atoms with van der Waals surface area (Å²) in [5, 5.41) is 6.28. The number of ether oxygens (including phenoxy) is 1. The highest BCUT2D eigenvalue weighted by Gasteiger charge is 2.45. The summed E-state index contributed by atoms with van der Waals surface area (Å²) in [6.45, 7) is 4.46.